The molecule has 0 spiro atoms. The summed E-state index contributed by atoms with van der Waals surface area (Å²) in [5.41, 5.74) is 1.90. The molecular weight excluding hydrogens is 433 g/mol. The number of nitrogens with one attached hydrogen (secondary N) is 3. The number of rotatable bonds is 5. The van der Waals surface area contributed by atoms with Crippen LogP contribution in [0.3, 0.4) is 0 Å². The summed E-state index contributed by atoms with van der Waals surface area (Å²) >= 11 is 24.6. The van der Waals surface area contributed by atoms with E-state index in [4.69, 9.17) is 47.0 Å². The van der Waals surface area contributed by atoms with E-state index in [-0.39, 0.29) is 5.11 Å². The lowest BCUT2D eigenvalue weighted by Crippen LogP contribution is -2.55. The molecule has 3 N–H and O–H groups in total. The highest BCUT2D eigenvalue weighted by atomic mass is 35.6. The van der Waals surface area contributed by atoms with Crippen LogP contribution in [0.1, 0.15) is 10.4 Å². The van der Waals surface area contributed by atoms with E-state index in [0.29, 0.717) is 0 Å². The second-order valence-corrected chi connectivity index (χ2v) is 9.05. The molecule has 2 aromatic rings. The van der Waals surface area contributed by atoms with Gasteiger partial charge in [-0.15, -0.1) is 11.3 Å². The fraction of sp³-hybridized carbons (Fsp3) is 0.176. The smallest absolute Gasteiger partial charge is 0.245 e. The highest BCUT2D eigenvalue weighted by molar-refractivity contribution is 7.80. The number of carbonyl (C=O) groups excluding carboxylic acids is 1. The molecule has 1 atom stereocenters. The van der Waals surface area contributed by atoms with E-state index in [9.17, 15) is 4.79 Å². The molecule has 0 radical (unpaired) electrons. The molecule has 138 valence electrons. The summed E-state index contributed by atoms with van der Waals surface area (Å²) < 4.78 is -1.80. The Hall–Kier alpha value is -1.31. The zero-order valence-corrected chi connectivity index (χ0v) is 17.5. The van der Waals surface area contributed by atoms with Gasteiger partial charge in [0.15, 0.2) is 5.11 Å². The van der Waals surface area contributed by atoms with E-state index < -0.39 is 15.9 Å². The standard InChI is InChI=1S/C17H16Cl3N3OS2/c1-11-4-6-12(7-5-11)21-16(25)23-15(17(18,19)20)22-14(24)9-8-13-3-2-10-26-13/h2-10,15H,1H3,(H,22,24)(H2,21,23,25)/b9-8+. The molecule has 0 aliphatic rings. The Bertz CT molecular complexity index is 772. The zero-order chi connectivity index (χ0) is 19.2. The van der Waals surface area contributed by atoms with E-state index in [1.165, 1.54) is 17.4 Å². The summed E-state index contributed by atoms with van der Waals surface area (Å²) in [5.74, 6) is -0.416. The van der Waals surface area contributed by atoms with Gasteiger partial charge in [0.1, 0.15) is 6.17 Å². The number of aryl methyl sites for hydroxylation is 1. The van der Waals surface area contributed by atoms with Crippen LogP contribution in [0.5, 0.6) is 0 Å². The SMILES string of the molecule is Cc1ccc(NC(=S)NC(NC(=O)/C=C/c2cccs2)C(Cl)(Cl)Cl)cc1. The highest BCUT2D eigenvalue weighted by Gasteiger charge is 2.34. The lowest BCUT2D eigenvalue weighted by atomic mass is 10.2. The van der Waals surface area contributed by atoms with E-state index in [1.807, 2.05) is 48.7 Å². The fourth-order valence-corrected chi connectivity index (χ4v) is 3.05. The van der Waals surface area contributed by atoms with Crippen LogP contribution in [-0.4, -0.2) is 21.0 Å². The summed E-state index contributed by atoms with van der Waals surface area (Å²) in [6, 6.07) is 11.4. The molecule has 0 aliphatic carbocycles. The molecular formula is C17H16Cl3N3OS2. The second kappa shape index (κ2) is 9.58. The van der Waals surface area contributed by atoms with Crippen molar-refractivity contribution in [1.82, 2.24) is 10.6 Å². The first-order chi connectivity index (χ1) is 12.2. The summed E-state index contributed by atoms with van der Waals surface area (Å²) in [7, 11) is 0. The lowest BCUT2D eigenvalue weighted by Gasteiger charge is -2.27. The normalized spacial score (nSPS) is 12.6. The molecule has 0 saturated heterocycles. The van der Waals surface area contributed by atoms with Crippen molar-refractivity contribution in [2.24, 2.45) is 0 Å². The Kier molecular flexibility index (Phi) is 7.73. The molecule has 1 unspecified atom stereocenters. The van der Waals surface area contributed by atoms with Crippen LogP contribution < -0.4 is 16.0 Å². The third-order valence-electron chi connectivity index (χ3n) is 3.14. The number of alkyl halides is 3. The van der Waals surface area contributed by atoms with Gasteiger partial charge in [0.25, 0.3) is 0 Å². The van der Waals surface area contributed by atoms with Crippen molar-refractivity contribution in [3.8, 4) is 0 Å². The molecule has 1 heterocycles. The third kappa shape index (κ3) is 7.13. The first kappa shape index (κ1) is 21.0. The van der Waals surface area contributed by atoms with Gasteiger partial charge in [0.05, 0.1) is 0 Å². The first-order valence-electron chi connectivity index (χ1n) is 7.47. The number of thiocarbonyl (C=S) groups is 1. The summed E-state index contributed by atoms with van der Waals surface area (Å²) in [4.78, 5) is 13.0. The maximum atomic E-state index is 12.1. The van der Waals surface area contributed by atoms with Gasteiger partial charge in [0, 0.05) is 16.6 Å². The highest BCUT2D eigenvalue weighted by Crippen LogP contribution is 2.29. The quantitative estimate of drug-likeness (QED) is 0.264. The largest absolute Gasteiger partial charge is 0.339 e. The fourth-order valence-electron chi connectivity index (χ4n) is 1.87. The van der Waals surface area contributed by atoms with Gasteiger partial charge >= 0.3 is 0 Å². The van der Waals surface area contributed by atoms with Crippen molar-refractivity contribution in [2.75, 3.05) is 5.32 Å². The van der Waals surface area contributed by atoms with Crippen molar-refractivity contribution >= 4 is 81.1 Å². The Morgan fingerprint density at radius 3 is 2.46 bits per heavy atom. The number of benzene rings is 1. The average Bonchev–Trinajstić information content (AvgIpc) is 3.07. The van der Waals surface area contributed by atoms with Crippen molar-refractivity contribution in [1.29, 1.82) is 0 Å². The van der Waals surface area contributed by atoms with Crippen molar-refractivity contribution in [3.63, 3.8) is 0 Å². The molecule has 0 fully saturated rings. The molecule has 1 aromatic carbocycles. The molecule has 0 saturated carbocycles. The van der Waals surface area contributed by atoms with Crippen LogP contribution in [0.25, 0.3) is 6.08 Å². The van der Waals surface area contributed by atoms with Gasteiger partial charge < -0.3 is 16.0 Å². The Morgan fingerprint density at radius 1 is 1.19 bits per heavy atom. The van der Waals surface area contributed by atoms with E-state index >= 15 is 0 Å². The summed E-state index contributed by atoms with van der Waals surface area (Å²) in [6.07, 6.45) is 2.03. The monoisotopic (exact) mass is 447 g/mol. The third-order valence-corrected chi connectivity index (χ3v) is 4.85. The summed E-state index contributed by atoms with van der Waals surface area (Å²) in [6.45, 7) is 1.98. The van der Waals surface area contributed by atoms with E-state index in [2.05, 4.69) is 16.0 Å². The van der Waals surface area contributed by atoms with Crippen LogP contribution in [0, 0.1) is 6.92 Å². The maximum Gasteiger partial charge on any atom is 0.245 e. The van der Waals surface area contributed by atoms with Gasteiger partial charge in [-0.2, -0.15) is 0 Å². The van der Waals surface area contributed by atoms with E-state index in [1.54, 1.807) is 6.08 Å². The maximum absolute atomic E-state index is 12.1. The molecule has 0 aliphatic heterocycles. The molecule has 4 nitrogen and oxygen atoms in total. The van der Waals surface area contributed by atoms with Gasteiger partial charge in [-0.1, -0.05) is 58.6 Å². The minimum Gasteiger partial charge on any atom is -0.339 e. The van der Waals surface area contributed by atoms with Gasteiger partial charge in [0.2, 0.25) is 9.70 Å². The number of anilines is 1. The Labute approximate surface area is 176 Å². The molecule has 26 heavy (non-hydrogen) atoms. The van der Waals surface area contributed by atoms with Crippen molar-refractivity contribution in [2.45, 2.75) is 16.9 Å². The van der Waals surface area contributed by atoms with Crippen LogP contribution >= 0.6 is 58.4 Å². The minimum absolute atomic E-state index is 0.215. The second-order valence-electron chi connectivity index (χ2n) is 5.30. The molecule has 1 amide bonds. The number of hydrogen-bond acceptors (Lipinski definition) is 3. The number of carbonyl (C=O) groups is 1. The number of hydrogen-bond donors (Lipinski definition) is 3. The predicted octanol–water partition coefficient (Wildman–Crippen LogP) is 4.87. The zero-order valence-electron chi connectivity index (χ0n) is 13.6. The van der Waals surface area contributed by atoms with Crippen LogP contribution in [0.15, 0.2) is 47.9 Å². The lowest BCUT2D eigenvalue weighted by molar-refractivity contribution is -0.117. The number of amides is 1. The minimum atomic E-state index is -1.80. The van der Waals surface area contributed by atoms with Gasteiger partial charge in [-0.05, 0) is 48.8 Å². The molecule has 0 bridgehead atoms. The predicted molar refractivity (Wildman–Crippen MR) is 116 cm³/mol. The van der Waals surface area contributed by atoms with Crippen LogP contribution in [-0.2, 0) is 4.79 Å². The number of thiophene rings is 1. The van der Waals surface area contributed by atoms with Gasteiger partial charge in [-0.25, -0.2) is 0 Å². The first-order valence-corrected chi connectivity index (χ1v) is 9.89. The van der Waals surface area contributed by atoms with Crippen LogP contribution in [0.4, 0.5) is 5.69 Å². The molecule has 2 rings (SSSR count). The van der Waals surface area contributed by atoms with Crippen LogP contribution in [0.2, 0.25) is 0 Å². The topological polar surface area (TPSA) is 53.2 Å². The number of halogens is 3. The Balaban J connectivity index is 1.97. The van der Waals surface area contributed by atoms with Crippen molar-refractivity contribution < 1.29 is 4.79 Å². The molecule has 9 heteroatoms. The molecule has 1 aromatic heterocycles. The Morgan fingerprint density at radius 2 is 1.88 bits per heavy atom. The van der Waals surface area contributed by atoms with E-state index in [0.717, 1.165) is 16.1 Å². The van der Waals surface area contributed by atoms with Crippen molar-refractivity contribution in [3.05, 3.63) is 58.3 Å². The van der Waals surface area contributed by atoms with Gasteiger partial charge in [-0.3, -0.25) is 4.79 Å². The summed E-state index contributed by atoms with van der Waals surface area (Å²) in [5, 5.41) is 10.5. The average molecular weight is 449 g/mol.